The van der Waals surface area contributed by atoms with Gasteiger partial charge < -0.3 is 14.8 Å². The van der Waals surface area contributed by atoms with Crippen molar-refractivity contribution in [2.24, 2.45) is 5.92 Å². The minimum atomic E-state index is -0.693. The first-order chi connectivity index (χ1) is 12.9. The Morgan fingerprint density at radius 1 is 1.37 bits per heavy atom. The Morgan fingerprint density at radius 3 is 2.85 bits per heavy atom. The lowest BCUT2D eigenvalue weighted by Gasteiger charge is -2.17. The summed E-state index contributed by atoms with van der Waals surface area (Å²) in [5.41, 5.74) is 1.28. The number of carbonyl (C=O) groups excluding carboxylic acids is 1. The van der Waals surface area contributed by atoms with E-state index in [9.17, 15) is 14.7 Å². The molecule has 0 saturated heterocycles. The summed E-state index contributed by atoms with van der Waals surface area (Å²) in [4.78, 5) is 34.2. The number of nitrogens with one attached hydrogen (secondary N) is 1. The van der Waals surface area contributed by atoms with E-state index in [1.165, 1.54) is 29.1 Å². The molecular weight excluding hydrogens is 364 g/mol. The third-order valence-corrected chi connectivity index (χ3v) is 6.10. The predicted molar refractivity (Wildman–Crippen MR) is 103 cm³/mol. The van der Waals surface area contributed by atoms with Crippen LogP contribution in [0.5, 0.6) is 5.75 Å². The van der Waals surface area contributed by atoms with E-state index in [0.717, 1.165) is 24.8 Å². The molecule has 6 nitrogen and oxygen atoms in total. The van der Waals surface area contributed by atoms with Crippen LogP contribution in [0.15, 0.2) is 29.1 Å². The highest BCUT2D eigenvalue weighted by atomic mass is 32.1. The fraction of sp³-hybridized carbons (Fsp3) is 0.350. The van der Waals surface area contributed by atoms with Gasteiger partial charge in [0.25, 0.3) is 5.56 Å². The summed E-state index contributed by atoms with van der Waals surface area (Å²) < 4.78 is 5.44. The normalized spacial score (nSPS) is 17.5. The van der Waals surface area contributed by atoms with Crippen LogP contribution in [0.2, 0.25) is 0 Å². The van der Waals surface area contributed by atoms with Crippen LogP contribution < -0.4 is 5.56 Å². The number of H-pyrrole nitrogens is 1. The van der Waals surface area contributed by atoms with Gasteiger partial charge in [0, 0.05) is 4.88 Å². The SMILES string of the molecule is C[C@H]1CCc2c(sc3nc([C@H](C)OC(=O)c4ccc(O)cc4)[nH]c(=O)c23)C1. The number of hydrogen-bond acceptors (Lipinski definition) is 6. The lowest BCUT2D eigenvalue weighted by atomic mass is 9.89. The Labute approximate surface area is 159 Å². The summed E-state index contributed by atoms with van der Waals surface area (Å²) in [5.74, 6) is 0.497. The molecule has 0 amide bonds. The second-order valence-corrected chi connectivity index (χ2v) is 8.16. The van der Waals surface area contributed by atoms with Crippen LogP contribution in [0.3, 0.4) is 0 Å². The number of fused-ring (bicyclic) bond motifs is 3. The van der Waals surface area contributed by atoms with Gasteiger partial charge in [-0.15, -0.1) is 11.3 Å². The van der Waals surface area contributed by atoms with Crippen LogP contribution in [0.1, 0.15) is 53.0 Å². The summed E-state index contributed by atoms with van der Waals surface area (Å²) in [5, 5.41) is 10.00. The molecule has 0 unspecified atom stereocenters. The largest absolute Gasteiger partial charge is 0.508 e. The zero-order chi connectivity index (χ0) is 19.1. The number of rotatable bonds is 3. The third kappa shape index (κ3) is 3.35. The second kappa shape index (κ2) is 6.81. The van der Waals surface area contributed by atoms with Crippen LogP contribution in [0.4, 0.5) is 0 Å². The summed E-state index contributed by atoms with van der Waals surface area (Å²) in [6.45, 7) is 3.90. The molecule has 0 aliphatic heterocycles. The number of aromatic amines is 1. The van der Waals surface area contributed by atoms with Crippen molar-refractivity contribution < 1.29 is 14.6 Å². The van der Waals surface area contributed by atoms with Gasteiger partial charge in [-0.2, -0.15) is 0 Å². The van der Waals surface area contributed by atoms with Gasteiger partial charge in [0.1, 0.15) is 10.6 Å². The monoisotopic (exact) mass is 384 g/mol. The zero-order valence-corrected chi connectivity index (χ0v) is 15.9. The molecule has 1 aliphatic carbocycles. The maximum Gasteiger partial charge on any atom is 0.338 e. The quantitative estimate of drug-likeness (QED) is 0.671. The van der Waals surface area contributed by atoms with Crippen molar-refractivity contribution in [3.8, 4) is 5.75 Å². The van der Waals surface area contributed by atoms with Gasteiger partial charge >= 0.3 is 5.97 Å². The number of hydrogen-bond donors (Lipinski definition) is 2. The fourth-order valence-electron chi connectivity index (χ4n) is 3.44. The molecular formula is C20H20N2O4S. The molecule has 27 heavy (non-hydrogen) atoms. The van der Waals surface area contributed by atoms with E-state index in [-0.39, 0.29) is 11.3 Å². The summed E-state index contributed by atoms with van der Waals surface area (Å²) >= 11 is 1.57. The molecule has 1 aliphatic rings. The van der Waals surface area contributed by atoms with Crippen molar-refractivity contribution in [3.05, 3.63) is 56.4 Å². The molecule has 2 N–H and O–H groups in total. The minimum absolute atomic E-state index is 0.0760. The topological polar surface area (TPSA) is 92.3 Å². The summed E-state index contributed by atoms with van der Waals surface area (Å²) in [7, 11) is 0. The molecule has 2 aromatic heterocycles. The van der Waals surface area contributed by atoms with E-state index in [1.807, 2.05) is 0 Å². The van der Waals surface area contributed by atoms with Crippen molar-refractivity contribution in [1.29, 1.82) is 0 Å². The molecule has 4 rings (SSSR count). The number of aromatic hydroxyl groups is 1. The van der Waals surface area contributed by atoms with E-state index in [0.29, 0.717) is 27.5 Å². The van der Waals surface area contributed by atoms with Gasteiger partial charge in [-0.3, -0.25) is 4.79 Å². The van der Waals surface area contributed by atoms with E-state index in [2.05, 4.69) is 16.9 Å². The first kappa shape index (κ1) is 17.7. The molecule has 0 radical (unpaired) electrons. The maximum atomic E-state index is 12.7. The van der Waals surface area contributed by atoms with Crippen molar-refractivity contribution >= 4 is 27.5 Å². The molecule has 3 aromatic rings. The van der Waals surface area contributed by atoms with E-state index in [4.69, 9.17) is 4.74 Å². The highest BCUT2D eigenvalue weighted by molar-refractivity contribution is 7.18. The Balaban J connectivity index is 1.62. The van der Waals surface area contributed by atoms with Crippen molar-refractivity contribution in [2.45, 2.75) is 39.2 Å². The average Bonchev–Trinajstić information content (AvgIpc) is 2.99. The lowest BCUT2D eigenvalue weighted by molar-refractivity contribution is 0.0320. The van der Waals surface area contributed by atoms with Crippen molar-refractivity contribution in [2.75, 3.05) is 0 Å². The van der Waals surface area contributed by atoms with E-state index < -0.39 is 12.1 Å². The van der Waals surface area contributed by atoms with Crippen LogP contribution >= 0.6 is 11.3 Å². The van der Waals surface area contributed by atoms with Crippen LogP contribution in [-0.4, -0.2) is 21.0 Å². The average molecular weight is 384 g/mol. The Kier molecular flexibility index (Phi) is 4.47. The van der Waals surface area contributed by atoms with E-state index in [1.54, 1.807) is 18.3 Å². The summed E-state index contributed by atoms with van der Waals surface area (Å²) in [6.07, 6.45) is 2.28. The second-order valence-electron chi connectivity index (χ2n) is 7.08. The smallest absolute Gasteiger partial charge is 0.338 e. The standard InChI is InChI=1S/C20H20N2O4S/c1-10-3-8-14-15(9-10)27-19-16(14)18(24)21-17(22-19)11(2)26-20(25)12-4-6-13(23)7-5-12/h4-7,10-11,23H,3,8-9H2,1-2H3,(H,21,22,24)/t10-,11-/m0/s1. The summed E-state index contributed by atoms with van der Waals surface area (Å²) in [6, 6.07) is 5.81. The van der Waals surface area contributed by atoms with Crippen LogP contribution in [0, 0.1) is 5.92 Å². The van der Waals surface area contributed by atoms with Gasteiger partial charge in [0.05, 0.1) is 10.9 Å². The Bertz CT molecular complexity index is 1070. The molecule has 0 saturated carbocycles. The minimum Gasteiger partial charge on any atom is -0.508 e. The molecule has 0 spiro atoms. The number of thiophene rings is 1. The molecule has 2 atom stereocenters. The molecule has 0 fully saturated rings. The van der Waals surface area contributed by atoms with Gasteiger partial charge in [-0.25, -0.2) is 9.78 Å². The number of nitrogens with zero attached hydrogens (tertiary/aromatic N) is 1. The number of carbonyl (C=O) groups is 1. The van der Waals surface area contributed by atoms with Crippen LogP contribution in [0.25, 0.3) is 10.2 Å². The number of aromatic nitrogens is 2. The van der Waals surface area contributed by atoms with Gasteiger partial charge in [-0.1, -0.05) is 6.92 Å². The van der Waals surface area contributed by atoms with Gasteiger partial charge in [0.2, 0.25) is 0 Å². The number of esters is 1. The number of phenolic OH excluding ortho intramolecular Hbond substituents is 1. The molecule has 0 bridgehead atoms. The third-order valence-electron chi connectivity index (χ3n) is 4.96. The number of phenols is 1. The van der Waals surface area contributed by atoms with E-state index >= 15 is 0 Å². The number of ether oxygens (including phenoxy) is 1. The Hall–Kier alpha value is -2.67. The lowest BCUT2D eigenvalue weighted by Crippen LogP contribution is -2.18. The van der Waals surface area contributed by atoms with Gasteiger partial charge in [-0.05, 0) is 61.9 Å². The molecule has 2 heterocycles. The molecule has 140 valence electrons. The molecule has 1 aromatic carbocycles. The predicted octanol–water partition coefficient (Wildman–Crippen LogP) is 3.73. The maximum absolute atomic E-state index is 12.7. The van der Waals surface area contributed by atoms with Gasteiger partial charge in [0.15, 0.2) is 11.9 Å². The highest BCUT2D eigenvalue weighted by Gasteiger charge is 2.24. The fourth-order valence-corrected chi connectivity index (χ4v) is 4.83. The first-order valence-corrected chi connectivity index (χ1v) is 9.78. The molecule has 7 heteroatoms. The van der Waals surface area contributed by atoms with Crippen molar-refractivity contribution in [1.82, 2.24) is 9.97 Å². The van der Waals surface area contributed by atoms with Crippen molar-refractivity contribution in [3.63, 3.8) is 0 Å². The first-order valence-electron chi connectivity index (χ1n) is 8.97. The highest BCUT2D eigenvalue weighted by Crippen LogP contribution is 2.36. The Morgan fingerprint density at radius 2 is 2.11 bits per heavy atom. The van der Waals surface area contributed by atoms with Crippen LogP contribution in [-0.2, 0) is 17.6 Å². The number of benzene rings is 1. The zero-order valence-electron chi connectivity index (χ0n) is 15.1. The number of aryl methyl sites for hydroxylation is 1.